The van der Waals surface area contributed by atoms with Crippen LogP contribution >= 0.6 is 0 Å². The van der Waals surface area contributed by atoms with Crippen LogP contribution in [0.1, 0.15) is 39.0 Å². The van der Waals surface area contributed by atoms with E-state index in [9.17, 15) is 0 Å². The largest absolute Gasteiger partial charge is 0.353 e. The highest BCUT2D eigenvalue weighted by Crippen LogP contribution is 2.17. The molecule has 0 aromatic carbocycles. The van der Waals surface area contributed by atoms with Crippen molar-refractivity contribution in [3.05, 3.63) is 0 Å². The van der Waals surface area contributed by atoms with Crippen LogP contribution in [0.3, 0.4) is 0 Å². The molecule has 0 aromatic heterocycles. The second-order valence-electron chi connectivity index (χ2n) is 3.37. The molecule has 0 radical (unpaired) electrons. The Balaban J connectivity index is 2.23. The number of terminal acetylenes is 1. The van der Waals surface area contributed by atoms with Crippen molar-refractivity contribution in [1.82, 2.24) is 0 Å². The van der Waals surface area contributed by atoms with Crippen LogP contribution < -0.4 is 0 Å². The first-order chi connectivity index (χ1) is 6.36. The van der Waals surface area contributed by atoms with E-state index in [0.717, 1.165) is 25.9 Å². The van der Waals surface area contributed by atoms with Crippen LogP contribution in [0, 0.1) is 12.3 Å². The lowest BCUT2D eigenvalue weighted by atomic mass is 10.2. The first-order valence-corrected chi connectivity index (χ1v) is 5.07. The molecule has 2 nitrogen and oxygen atoms in total. The highest BCUT2D eigenvalue weighted by molar-refractivity contribution is 4.87. The molecule has 1 aliphatic rings. The summed E-state index contributed by atoms with van der Waals surface area (Å²) in [4.78, 5) is 0. The zero-order chi connectivity index (χ0) is 9.52. The molecule has 0 saturated carbocycles. The summed E-state index contributed by atoms with van der Waals surface area (Å²) in [5.41, 5.74) is 0. The van der Waals surface area contributed by atoms with Crippen molar-refractivity contribution in [2.75, 3.05) is 6.61 Å². The summed E-state index contributed by atoms with van der Waals surface area (Å²) in [5.74, 6) is 2.63. The molecule has 2 heteroatoms. The maximum atomic E-state index is 5.72. The highest BCUT2D eigenvalue weighted by atomic mass is 16.7. The van der Waals surface area contributed by atoms with Gasteiger partial charge in [-0.05, 0) is 25.7 Å². The third-order valence-electron chi connectivity index (χ3n) is 2.28. The van der Waals surface area contributed by atoms with E-state index in [4.69, 9.17) is 15.9 Å². The van der Waals surface area contributed by atoms with Gasteiger partial charge in [-0.3, -0.25) is 0 Å². The predicted octanol–water partition coefficient (Wildman–Crippen LogP) is 2.33. The summed E-state index contributed by atoms with van der Waals surface area (Å²) in [6.45, 7) is 2.92. The van der Waals surface area contributed by atoms with Crippen LogP contribution in [0.2, 0.25) is 0 Å². The molecule has 1 fully saturated rings. The second-order valence-corrected chi connectivity index (χ2v) is 3.37. The van der Waals surface area contributed by atoms with Crippen molar-refractivity contribution < 1.29 is 9.47 Å². The smallest absolute Gasteiger partial charge is 0.157 e. The molecule has 0 N–H and O–H groups in total. The molecule has 0 spiro atoms. The van der Waals surface area contributed by atoms with Crippen LogP contribution in [-0.4, -0.2) is 19.0 Å². The van der Waals surface area contributed by atoms with E-state index in [1.165, 1.54) is 6.42 Å². The van der Waals surface area contributed by atoms with Gasteiger partial charge < -0.3 is 9.47 Å². The maximum Gasteiger partial charge on any atom is 0.157 e. The number of rotatable bonds is 4. The Hall–Kier alpha value is -0.520. The van der Waals surface area contributed by atoms with Crippen LogP contribution in [0.25, 0.3) is 0 Å². The van der Waals surface area contributed by atoms with E-state index in [1.807, 2.05) is 0 Å². The van der Waals surface area contributed by atoms with Crippen LogP contribution in [-0.2, 0) is 9.47 Å². The minimum absolute atomic E-state index is 0.00736. The summed E-state index contributed by atoms with van der Waals surface area (Å²) in [6.07, 6.45) is 10.4. The Morgan fingerprint density at radius 1 is 1.62 bits per heavy atom. The molecule has 0 bridgehead atoms. The van der Waals surface area contributed by atoms with Gasteiger partial charge in [0.05, 0.1) is 6.10 Å². The molecule has 1 saturated heterocycles. The molecule has 13 heavy (non-hydrogen) atoms. The van der Waals surface area contributed by atoms with Crippen molar-refractivity contribution in [3.8, 4) is 12.3 Å². The molecule has 0 aromatic rings. The van der Waals surface area contributed by atoms with Crippen molar-refractivity contribution in [2.45, 2.75) is 51.4 Å². The summed E-state index contributed by atoms with van der Waals surface area (Å²) < 4.78 is 11.2. The molecule has 2 atom stereocenters. The number of hydrogen-bond donors (Lipinski definition) is 0. The molecule has 1 heterocycles. The molecule has 2 unspecified atom stereocenters. The van der Waals surface area contributed by atoms with Gasteiger partial charge in [0.1, 0.15) is 0 Å². The Kier molecular flexibility index (Phi) is 4.88. The quantitative estimate of drug-likeness (QED) is 0.621. The Morgan fingerprint density at radius 2 is 2.46 bits per heavy atom. The average molecular weight is 182 g/mol. The zero-order valence-electron chi connectivity index (χ0n) is 8.29. The van der Waals surface area contributed by atoms with E-state index in [1.54, 1.807) is 0 Å². The van der Waals surface area contributed by atoms with Gasteiger partial charge in [-0.25, -0.2) is 0 Å². The van der Waals surface area contributed by atoms with Gasteiger partial charge >= 0.3 is 0 Å². The lowest BCUT2D eigenvalue weighted by Gasteiger charge is -2.26. The van der Waals surface area contributed by atoms with Gasteiger partial charge in [0.25, 0.3) is 0 Å². The fourth-order valence-electron chi connectivity index (χ4n) is 1.45. The number of ether oxygens (including phenoxy) is 2. The minimum atomic E-state index is -0.00736. The van der Waals surface area contributed by atoms with Gasteiger partial charge in [0.2, 0.25) is 0 Å². The molecule has 1 aliphatic heterocycles. The van der Waals surface area contributed by atoms with Gasteiger partial charge in [0, 0.05) is 13.0 Å². The van der Waals surface area contributed by atoms with E-state index in [0.29, 0.717) is 6.42 Å². The predicted molar refractivity (Wildman–Crippen MR) is 52.2 cm³/mol. The van der Waals surface area contributed by atoms with Crippen LogP contribution in [0.15, 0.2) is 0 Å². The van der Waals surface area contributed by atoms with Gasteiger partial charge in [-0.15, -0.1) is 12.3 Å². The fourth-order valence-corrected chi connectivity index (χ4v) is 1.45. The topological polar surface area (TPSA) is 18.5 Å². The molecule has 0 amide bonds. The first kappa shape index (κ1) is 10.6. The molecular formula is C11H18O2. The second kappa shape index (κ2) is 6.01. The van der Waals surface area contributed by atoms with Gasteiger partial charge in [-0.1, -0.05) is 6.92 Å². The third kappa shape index (κ3) is 3.80. The Morgan fingerprint density at radius 3 is 3.00 bits per heavy atom. The van der Waals surface area contributed by atoms with Crippen LogP contribution in [0.5, 0.6) is 0 Å². The van der Waals surface area contributed by atoms with Crippen molar-refractivity contribution in [1.29, 1.82) is 0 Å². The lowest BCUT2D eigenvalue weighted by molar-refractivity contribution is -0.187. The highest BCUT2D eigenvalue weighted by Gasteiger charge is 2.17. The van der Waals surface area contributed by atoms with Gasteiger partial charge in [-0.2, -0.15) is 0 Å². The van der Waals surface area contributed by atoms with E-state index in [2.05, 4.69) is 12.8 Å². The van der Waals surface area contributed by atoms with Crippen molar-refractivity contribution in [2.24, 2.45) is 0 Å². The maximum absolute atomic E-state index is 5.72. The molecule has 1 rings (SSSR count). The zero-order valence-corrected chi connectivity index (χ0v) is 8.29. The number of hydrogen-bond acceptors (Lipinski definition) is 2. The summed E-state index contributed by atoms with van der Waals surface area (Å²) in [6, 6.07) is 0. The summed E-state index contributed by atoms with van der Waals surface area (Å²) in [5, 5.41) is 0. The minimum Gasteiger partial charge on any atom is -0.353 e. The Labute approximate surface area is 80.6 Å². The summed E-state index contributed by atoms with van der Waals surface area (Å²) >= 11 is 0. The normalized spacial score (nSPS) is 25.1. The summed E-state index contributed by atoms with van der Waals surface area (Å²) in [7, 11) is 0. The first-order valence-electron chi connectivity index (χ1n) is 5.07. The SMILES string of the molecule is C#CCC(CC)OC1CCCCO1. The molecular weight excluding hydrogens is 164 g/mol. The average Bonchev–Trinajstić information content (AvgIpc) is 2.19. The fraction of sp³-hybridized carbons (Fsp3) is 0.818. The Bertz CT molecular complexity index is 165. The third-order valence-corrected chi connectivity index (χ3v) is 2.28. The standard InChI is InChI=1S/C11H18O2/c1-3-7-10(4-2)13-11-8-5-6-9-12-11/h1,10-11H,4-9H2,2H3. The van der Waals surface area contributed by atoms with Crippen LogP contribution in [0.4, 0.5) is 0 Å². The van der Waals surface area contributed by atoms with E-state index in [-0.39, 0.29) is 12.4 Å². The lowest BCUT2D eigenvalue weighted by Crippen LogP contribution is -2.27. The van der Waals surface area contributed by atoms with Crippen molar-refractivity contribution in [3.63, 3.8) is 0 Å². The van der Waals surface area contributed by atoms with Crippen molar-refractivity contribution >= 4 is 0 Å². The van der Waals surface area contributed by atoms with E-state index < -0.39 is 0 Å². The molecule has 74 valence electrons. The monoisotopic (exact) mass is 182 g/mol. The van der Waals surface area contributed by atoms with Gasteiger partial charge in [0.15, 0.2) is 6.29 Å². The van der Waals surface area contributed by atoms with E-state index >= 15 is 0 Å². The molecule has 0 aliphatic carbocycles.